The third-order valence-corrected chi connectivity index (χ3v) is 3.64. The number of hydrogen-bond donors (Lipinski definition) is 0. The molecule has 0 atom stereocenters. The summed E-state index contributed by atoms with van der Waals surface area (Å²) in [5.74, 6) is 0.208. The van der Waals surface area contributed by atoms with Gasteiger partial charge in [-0.15, -0.1) is 11.3 Å². The number of aryl methyl sites for hydroxylation is 1. The van der Waals surface area contributed by atoms with E-state index < -0.39 is 0 Å². The standard InChI is InChI=1S/C14H10FN3OS/c1-9-17-13-12(6-7-20-13)14(19)18(9)16-8-10-2-4-11(15)5-3-10/h2-8H,1H3/b16-8-. The molecule has 0 saturated heterocycles. The fraction of sp³-hybridized carbons (Fsp3) is 0.0714. The number of nitrogens with zero attached hydrogens (tertiary/aromatic N) is 3. The van der Waals surface area contributed by atoms with Crippen molar-refractivity contribution in [2.75, 3.05) is 0 Å². The highest BCUT2D eigenvalue weighted by atomic mass is 32.1. The maximum atomic E-state index is 12.8. The van der Waals surface area contributed by atoms with Gasteiger partial charge in [-0.05, 0) is 36.1 Å². The second-order valence-corrected chi connectivity index (χ2v) is 5.11. The molecule has 0 saturated carbocycles. The van der Waals surface area contributed by atoms with Gasteiger partial charge in [-0.25, -0.2) is 9.37 Å². The Kier molecular flexibility index (Phi) is 3.15. The molecule has 0 radical (unpaired) electrons. The number of rotatable bonds is 2. The highest BCUT2D eigenvalue weighted by Gasteiger charge is 2.07. The molecule has 6 heteroatoms. The van der Waals surface area contributed by atoms with Gasteiger partial charge in [-0.1, -0.05) is 12.1 Å². The van der Waals surface area contributed by atoms with E-state index >= 15 is 0 Å². The maximum Gasteiger partial charge on any atom is 0.282 e. The Labute approximate surface area is 117 Å². The molecule has 3 aromatic rings. The molecule has 0 aliphatic heterocycles. The van der Waals surface area contributed by atoms with Crippen LogP contribution in [0.2, 0.25) is 0 Å². The van der Waals surface area contributed by atoms with Crippen molar-refractivity contribution in [3.05, 3.63) is 63.3 Å². The third-order valence-electron chi connectivity index (χ3n) is 2.83. The molecular weight excluding hydrogens is 277 g/mol. The van der Waals surface area contributed by atoms with Crippen LogP contribution in [-0.2, 0) is 0 Å². The number of aromatic nitrogens is 2. The molecule has 3 rings (SSSR count). The van der Waals surface area contributed by atoms with Gasteiger partial charge in [0.25, 0.3) is 5.56 Å². The topological polar surface area (TPSA) is 47.2 Å². The van der Waals surface area contributed by atoms with Gasteiger partial charge in [0.15, 0.2) is 0 Å². The number of thiophene rings is 1. The van der Waals surface area contributed by atoms with E-state index in [2.05, 4.69) is 10.1 Å². The molecule has 0 aliphatic carbocycles. The summed E-state index contributed by atoms with van der Waals surface area (Å²) in [6.45, 7) is 1.72. The summed E-state index contributed by atoms with van der Waals surface area (Å²) in [6, 6.07) is 7.61. The number of benzene rings is 1. The molecule has 0 amide bonds. The zero-order valence-electron chi connectivity index (χ0n) is 10.6. The lowest BCUT2D eigenvalue weighted by Gasteiger charge is -2.02. The van der Waals surface area contributed by atoms with E-state index in [9.17, 15) is 9.18 Å². The van der Waals surface area contributed by atoms with Crippen molar-refractivity contribution in [3.8, 4) is 0 Å². The summed E-state index contributed by atoms with van der Waals surface area (Å²) in [5.41, 5.74) is 0.509. The van der Waals surface area contributed by atoms with Gasteiger partial charge in [-0.2, -0.15) is 9.78 Å². The Morgan fingerprint density at radius 1 is 1.30 bits per heavy atom. The zero-order chi connectivity index (χ0) is 14.1. The fourth-order valence-electron chi connectivity index (χ4n) is 1.82. The molecule has 0 N–H and O–H groups in total. The van der Waals surface area contributed by atoms with Crippen LogP contribution in [0.4, 0.5) is 4.39 Å². The molecular formula is C14H10FN3OS. The van der Waals surface area contributed by atoms with Gasteiger partial charge in [0.05, 0.1) is 11.6 Å². The Balaban J connectivity index is 2.06. The smallest absolute Gasteiger partial charge is 0.267 e. The van der Waals surface area contributed by atoms with Crippen LogP contribution >= 0.6 is 11.3 Å². The van der Waals surface area contributed by atoms with E-state index in [4.69, 9.17) is 0 Å². The van der Waals surface area contributed by atoms with Crippen molar-refractivity contribution in [3.63, 3.8) is 0 Å². The Hall–Kier alpha value is -2.34. The van der Waals surface area contributed by atoms with Crippen molar-refractivity contribution in [2.45, 2.75) is 6.92 Å². The number of fused-ring (bicyclic) bond motifs is 1. The lowest BCUT2D eigenvalue weighted by molar-refractivity contribution is 0.628. The zero-order valence-corrected chi connectivity index (χ0v) is 11.4. The number of halogens is 1. The van der Waals surface area contributed by atoms with Crippen molar-refractivity contribution < 1.29 is 4.39 Å². The molecule has 0 bridgehead atoms. The molecule has 0 unspecified atom stereocenters. The van der Waals surface area contributed by atoms with Crippen LogP contribution in [0.1, 0.15) is 11.4 Å². The van der Waals surface area contributed by atoms with Crippen LogP contribution in [0.25, 0.3) is 10.2 Å². The largest absolute Gasteiger partial charge is 0.282 e. The number of hydrogen-bond acceptors (Lipinski definition) is 4. The first kappa shape index (κ1) is 12.7. The monoisotopic (exact) mass is 287 g/mol. The lowest BCUT2D eigenvalue weighted by atomic mass is 10.2. The first-order valence-electron chi connectivity index (χ1n) is 5.92. The van der Waals surface area contributed by atoms with E-state index in [1.54, 1.807) is 25.1 Å². The van der Waals surface area contributed by atoms with E-state index in [0.29, 0.717) is 21.6 Å². The minimum absolute atomic E-state index is 0.202. The van der Waals surface area contributed by atoms with Gasteiger partial charge >= 0.3 is 0 Å². The highest BCUT2D eigenvalue weighted by molar-refractivity contribution is 7.16. The summed E-state index contributed by atoms with van der Waals surface area (Å²) >= 11 is 1.42. The highest BCUT2D eigenvalue weighted by Crippen LogP contribution is 2.14. The Morgan fingerprint density at radius 3 is 2.80 bits per heavy atom. The van der Waals surface area contributed by atoms with Crippen LogP contribution in [-0.4, -0.2) is 15.9 Å². The average Bonchev–Trinajstić information content (AvgIpc) is 2.89. The van der Waals surface area contributed by atoms with Gasteiger partial charge in [0.2, 0.25) is 0 Å². The summed E-state index contributed by atoms with van der Waals surface area (Å²) in [7, 11) is 0. The molecule has 2 heterocycles. The summed E-state index contributed by atoms with van der Waals surface area (Å²) in [6.07, 6.45) is 1.51. The minimum Gasteiger partial charge on any atom is -0.267 e. The van der Waals surface area contributed by atoms with E-state index in [1.165, 1.54) is 34.4 Å². The van der Waals surface area contributed by atoms with E-state index in [1.807, 2.05) is 5.38 Å². The quantitative estimate of drug-likeness (QED) is 0.680. The molecule has 0 aliphatic rings. The van der Waals surface area contributed by atoms with Gasteiger partial charge in [0.1, 0.15) is 16.5 Å². The summed E-state index contributed by atoms with van der Waals surface area (Å²) in [4.78, 5) is 17.3. The molecule has 2 aromatic heterocycles. The summed E-state index contributed by atoms with van der Waals surface area (Å²) < 4.78 is 14.1. The van der Waals surface area contributed by atoms with Crippen LogP contribution in [0.3, 0.4) is 0 Å². The molecule has 0 fully saturated rings. The predicted molar refractivity (Wildman–Crippen MR) is 78.0 cm³/mol. The van der Waals surface area contributed by atoms with E-state index in [-0.39, 0.29) is 11.4 Å². The second-order valence-electron chi connectivity index (χ2n) is 4.21. The van der Waals surface area contributed by atoms with Gasteiger partial charge < -0.3 is 0 Å². The summed E-state index contributed by atoms with van der Waals surface area (Å²) in [5, 5.41) is 6.51. The van der Waals surface area contributed by atoms with Gasteiger partial charge in [0, 0.05) is 0 Å². The van der Waals surface area contributed by atoms with Crippen LogP contribution in [0, 0.1) is 12.7 Å². The van der Waals surface area contributed by atoms with Crippen molar-refractivity contribution >= 4 is 27.8 Å². The Bertz CT molecular complexity index is 849. The lowest BCUT2D eigenvalue weighted by Crippen LogP contribution is -2.19. The predicted octanol–water partition coefficient (Wildman–Crippen LogP) is 2.79. The van der Waals surface area contributed by atoms with Crippen LogP contribution in [0.5, 0.6) is 0 Å². The minimum atomic E-state index is -0.308. The van der Waals surface area contributed by atoms with Crippen molar-refractivity contribution in [1.29, 1.82) is 0 Å². The Morgan fingerprint density at radius 2 is 2.05 bits per heavy atom. The van der Waals surface area contributed by atoms with Crippen molar-refractivity contribution in [2.24, 2.45) is 5.10 Å². The molecule has 100 valence electrons. The molecule has 1 aromatic carbocycles. The SMILES string of the molecule is Cc1nc2sccc2c(=O)n1/N=C\c1ccc(F)cc1. The maximum absolute atomic E-state index is 12.8. The van der Waals surface area contributed by atoms with Crippen LogP contribution in [0.15, 0.2) is 45.6 Å². The second kappa shape index (κ2) is 4.97. The fourth-order valence-corrected chi connectivity index (χ4v) is 2.62. The normalized spacial score (nSPS) is 11.5. The van der Waals surface area contributed by atoms with Gasteiger partial charge in [-0.3, -0.25) is 4.79 Å². The molecule has 0 spiro atoms. The first-order chi connectivity index (χ1) is 9.65. The molecule has 20 heavy (non-hydrogen) atoms. The van der Waals surface area contributed by atoms with Crippen LogP contribution < -0.4 is 5.56 Å². The third kappa shape index (κ3) is 2.25. The average molecular weight is 287 g/mol. The van der Waals surface area contributed by atoms with Crippen molar-refractivity contribution in [1.82, 2.24) is 9.66 Å². The van der Waals surface area contributed by atoms with E-state index in [0.717, 1.165) is 0 Å². The molecule has 4 nitrogen and oxygen atoms in total. The first-order valence-corrected chi connectivity index (χ1v) is 6.80.